The van der Waals surface area contributed by atoms with E-state index in [2.05, 4.69) is 10.4 Å². The molecule has 1 atom stereocenters. The van der Waals surface area contributed by atoms with Gasteiger partial charge in [-0.1, -0.05) is 48.5 Å². The zero-order chi connectivity index (χ0) is 23.7. The first-order valence-electron chi connectivity index (χ1n) is 10.9. The molecule has 1 aliphatic rings. The van der Waals surface area contributed by atoms with E-state index < -0.39 is 5.54 Å². The third-order valence-electron chi connectivity index (χ3n) is 6.09. The van der Waals surface area contributed by atoms with Crippen molar-refractivity contribution in [2.45, 2.75) is 32.1 Å². The Hall–Kier alpha value is -3.78. The predicted octanol–water partition coefficient (Wildman–Crippen LogP) is 4.48. The number of aromatic nitrogens is 2. The fourth-order valence-electron chi connectivity index (χ4n) is 4.22. The summed E-state index contributed by atoms with van der Waals surface area (Å²) in [7, 11) is 0. The zero-order valence-electron chi connectivity index (χ0n) is 18.6. The Labute approximate surface area is 200 Å². The molecule has 1 unspecified atom stereocenters. The van der Waals surface area contributed by atoms with Crippen LogP contribution in [0.15, 0.2) is 78.2 Å². The molecular formula is C26H23FN4O2S. The highest BCUT2D eigenvalue weighted by Gasteiger charge is 2.48. The molecule has 6 nitrogen and oxygen atoms in total. The van der Waals surface area contributed by atoms with E-state index in [4.69, 9.17) is 0 Å². The number of rotatable bonds is 6. The molecule has 0 fully saturated rings. The summed E-state index contributed by atoms with van der Waals surface area (Å²) in [5, 5.41) is 9.56. The van der Waals surface area contributed by atoms with Crippen LogP contribution in [0, 0.1) is 5.82 Å². The van der Waals surface area contributed by atoms with Gasteiger partial charge in [-0.2, -0.15) is 5.10 Å². The maximum Gasteiger partial charge on any atom is 0.273 e. The van der Waals surface area contributed by atoms with E-state index in [1.807, 2.05) is 47.8 Å². The minimum Gasteiger partial charge on any atom is -0.350 e. The van der Waals surface area contributed by atoms with Gasteiger partial charge in [0, 0.05) is 13.1 Å². The lowest BCUT2D eigenvalue weighted by atomic mass is 9.94. The molecule has 0 radical (unpaired) electrons. The van der Waals surface area contributed by atoms with E-state index >= 15 is 0 Å². The van der Waals surface area contributed by atoms with Gasteiger partial charge in [0.15, 0.2) is 0 Å². The van der Waals surface area contributed by atoms with Crippen LogP contribution in [0.2, 0.25) is 0 Å². The van der Waals surface area contributed by atoms with E-state index in [0.717, 1.165) is 10.4 Å². The highest BCUT2D eigenvalue weighted by atomic mass is 32.1. The Morgan fingerprint density at radius 2 is 1.88 bits per heavy atom. The highest BCUT2D eigenvalue weighted by Crippen LogP contribution is 2.32. The quantitative estimate of drug-likeness (QED) is 0.448. The Balaban J connectivity index is 1.50. The van der Waals surface area contributed by atoms with E-state index in [1.165, 1.54) is 28.4 Å². The standard InChI is InChI=1S/C26H23FN4O2S/c1-26(25(33)28-15-18-7-3-2-4-8-18)17-31-22(14-21(29-31)23-11-6-12-34-23)24(32)30(26)16-19-9-5-10-20(27)13-19/h2-14H,15-17H2,1H3,(H,28,33). The molecule has 2 amide bonds. The molecule has 0 saturated heterocycles. The van der Waals surface area contributed by atoms with Crippen LogP contribution in [0.5, 0.6) is 0 Å². The molecule has 34 heavy (non-hydrogen) atoms. The molecule has 0 spiro atoms. The van der Waals surface area contributed by atoms with Crippen molar-refractivity contribution in [3.05, 3.63) is 101 Å². The molecule has 0 saturated carbocycles. The van der Waals surface area contributed by atoms with Crippen molar-refractivity contribution in [3.63, 3.8) is 0 Å². The van der Waals surface area contributed by atoms with Crippen molar-refractivity contribution in [1.29, 1.82) is 0 Å². The Morgan fingerprint density at radius 3 is 2.62 bits per heavy atom. The van der Waals surface area contributed by atoms with Crippen LogP contribution in [0.1, 0.15) is 28.5 Å². The lowest BCUT2D eigenvalue weighted by Crippen LogP contribution is -2.63. The number of hydrogen-bond acceptors (Lipinski definition) is 4. The lowest BCUT2D eigenvalue weighted by molar-refractivity contribution is -0.133. The molecule has 4 aromatic rings. The summed E-state index contributed by atoms with van der Waals surface area (Å²) < 4.78 is 15.5. The SMILES string of the molecule is CC1(C(=O)NCc2ccccc2)Cn2nc(-c3cccs3)cc2C(=O)N1Cc1cccc(F)c1. The van der Waals surface area contributed by atoms with Crippen LogP contribution in [0.25, 0.3) is 10.6 Å². The third kappa shape index (κ3) is 4.12. The smallest absolute Gasteiger partial charge is 0.273 e. The molecule has 1 N–H and O–H groups in total. The van der Waals surface area contributed by atoms with E-state index in [-0.39, 0.29) is 30.7 Å². The summed E-state index contributed by atoms with van der Waals surface area (Å²) in [5.74, 6) is -0.995. The molecule has 1 aliphatic heterocycles. The number of benzene rings is 2. The number of thiophene rings is 1. The number of carbonyl (C=O) groups is 2. The van der Waals surface area contributed by atoms with E-state index in [1.54, 1.807) is 29.8 Å². The topological polar surface area (TPSA) is 67.2 Å². The number of hydrogen-bond donors (Lipinski definition) is 1. The predicted molar refractivity (Wildman–Crippen MR) is 129 cm³/mol. The number of nitrogens with zero attached hydrogens (tertiary/aromatic N) is 3. The van der Waals surface area contributed by atoms with Gasteiger partial charge in [0.25, 0.3) is 5.91 Å². The van der Waals surface area contributed by atoms with Crippen molar-refractivity contribution in [1.82, 2.24) is 20.0 Å². The van der Waals surface area contributed by atoms with Gasteiger partial charge in [0.1, 0.15) is 22.7 Å². The van der Waals surface area contributed by atoms with Crippen LogP contribution in [-0.2, 0) is 24.4 Å². The average Bonchev–Trinajstić information content (AvgIpc) is 3.51. The zero-order valence-corrected chi connectivity index (χ0v) is 19.4. The van der Waals surface area contributed by atoms with Gasteiger partial charge in [-0.05, 0) is 47.7 Å². The molecule has 3 heterocycles. The van der Waals surface area contributed by atoms with E-state index in [9.17, 15) is 14.0 Å². The summed E-state index contributed by atoms with van der Waals surface area (Å²) in [6, 6.07) is 21.3. The minimum atomic E-state index is -1.22. The summed E-state index contributed by atoms with van der Waals surface area (Å²) in [5.41, 5.74) is 1.45. The van der Waals surface area contributed by atoms with Crippen LogP contribution >= 0.6 is 11.3 Å². The number of nitrogens with one attached hydrogen (secondary N) is 1. The van der Waals surface area contributed by atoms with Crippen molar-refractivity contribution >= 4 is 23.2 Å². The maximum atomic E-state index is 13.9. The second kappa shape index (κ2) is 8.87. The molecule has 0 aliphatic carbocycles. The van der Waals surface area contributed by atoms with Gasteiger partial charge >= 0.3 is 0 Å². The number of carbonyl (C=O) groups excluding carboxylic acids is 2. The number of amides is 2. The van der Waals surface area contributed by atoms with Gasteiger partial charge < -0.3 is 10.2 Å². The summed E-state index contributed by atoms with van der Waals surface area (Å²) in [6.45, 7) is 2.37. The Bertz CT molecular complexity index is 1340. The van der Waals surface area contributed by atoms with Gasteiger partial charge in [0.2, 0.25) is 5.91 Å². The number of fused-ring (bicyclic) bond motifs is 1. The average molecular weight is 475 g/mol. The fourth-order valence-corrected chi connectivity index (χ4v) is 4.90. The summed E-state index contributed by atoms with van der Waals surface area (Å²) >= 11 is 1.54. The highest BCUT2D eigenvalue weighted by molar-refractivity contribution is 7.13. The van der Waals surface area contributed by atoms with Gasteiger partial charge in [-0.25, -0.2) is 4.39 Å². The summed E-state index contributed by atoms with van der Waals surface area (Å²) in [6.07, 6.45) is 0. The minimum absolute atomic E-state index is 0.103. The number of halogens is 1. The van der Waals surface area contributed by atoms with Gasteiger partial charge in [-0.15, -0.1) is 11.3 Å². The summed E-state index contributed by atoms with van der Waals surface area (Å²) in [4.78, 5) is 29.7. The third-order valence-corrected chi connectivity index (χ3v) is 6.98. The normalized spacial score (nSPS) is 17.5. The van der Waals surface area contributed by atoms with E-state index in [0.29, 0.717) is 23.5 Å². The first-order chi connectivity index (χ1) is 16.4. The van der Waals surface area contributed by atoms with Crippen molar-refractivity contribution in [2.75, 3.05) is 0 Å². The fraction of sp³-hybridized carbons (Fsp3) is 0.192. The molecule has 5 rings (SSSR count). The Morgan fingerprint density at radius 1 is 1.09 bits per heavy atom. The van der Waals surface area contributed by atoms with Crippen LogP contribution in [0.3, 0.4) is 0 Å². The molecule has 2 aromatic carbocycles. The molecule has 172 valence electrons. The Kier molecular flexibility index (Phi) is 5.75. The maximum absolute atomic E-state index is 13.9. The monoisotopic (exact) mass is 474 g/mol. The van der Waals surface area contributed by atoms with Gasteiger partial charge in [0.05, 0.1) is 11.4 Å². The second-order valence-electron chi connectivity index (χ2n) is 8.51. The van der Waals surface area contributed by atoms with Crippen LogP contribution in [0.4, 0.5) is 4.39 Å². The molecule has 2 aromatic heterocycles. The van der Waals surface area contributed by atoms with Crippen LogP contribution < -0.4 is 5.32 Å². The van der Waals surface area contributed by atoms with Crippen molar-refractivity contribution in [3.8, 4) is 10.6 Å². The first-order valence-corrected chi connectivity index (χ1v) is 11.8. The van der Waals surface area contributed by atoms with Crippen LogP contribution in [-0.4, -0.2) is 32.0 Å². The molecular weight excluding hydrogens is 451 g/mol. The first kappa shape index (κ1) is 22.0. The van der Waals surface area contributed by atoms with Crippen molar-refractivity contribution < 1.29 is 14.0 Å². The molecule has 0 bridgehead atoms. The van der Waals surface area contributed by atoms with Gasteiger partial charge in [-0.3, -0.25) is 14.3 Å². The second-order valence-corrected chi connectivity index (χ2v) is 9.46. The van der Waals surface area contributed by atoms with Crippen molar-refractivity contribution in [2.24, 2.45) is 0 Å². The molecule has 8 heteroatoms. The largest absolute Gasteiger partial charge is 0.350 e. The lowest BCUT2D eigenvalue weighted by Gasteiger charge is -2.43.